The van der Waals surface area contributed by atoms with E-state index in [2.05, 4.69) is 32.3 Å². The first-order valence-corrected chi connectivity index (χ1v) is 4.97. The molecule has 0 aromatic rings. The van der Waals surface area contributed by atoms with Gasteiger partial charge in [-0.1, -0.05) is 20.3 Å². The lowest BCUT2D eigenvalue weighted by atomic mass is 10.2. The van der Waals surface area contributed by atoms with Crippen molar-refractivity contribution < 1.29 is 0 Å². The Morgan fingerprint density at radius 2 is 1.33 bits per heavy atom. The standard InChI is InChI=1S/C7H18P2/c1-6(8)4-3-5-7(2)9/h6-7H,3-5,8-9H2,1-2H3. The fourth-order valence-corrected chi connectivity index (χ4v) is 1.23. The Kier molecular flexibility index (Phi) is 6.17. The summed E-state index contributed by atoms with van der Waals surface area (Å²) >= 11 is 0. The Morgan fingerprint density at radius 3 is 1.56 bits per heavy atom. The molecule has 0 saturated carbocycles. The topological polar surface area (TPSA) is 0 Å². The molecule has 0 heterocycles. The lowest BCUT2D eigenvalue weighted by Gasteiger charge is -2.05. The van der Waals surface area contributed by atoms with E-state index in [0.717, 1.165) is 11.3 Å². The second-order valence-corrected chi connectivity index (χ2v) is 5.16. The van der Waals surface area contributed by atoms with E-state index in [0.29, 0.717) is 0 Å². The van der Waals surface area contributed by atoms with Gasteiger partial charge in [-0.3, -0.25) is 0 Å². The van der Waals surface area contributed by atoms with Crippen molar-refractivity contribution in [1.29, 1.82) is 0 Å². The third-order valence-electron chi connectivity index (χ3n) is 1.32. The van der Waals surface area contributed by atoms with E-state index in [4.69, 9.17) is 0 Å². The molecule has 9 heavy (non-hydrogen) atoms. The summed E-state index contributed by atoms with van der Waals surface area (Å²) in [4.78, 5) is 0. The van der Waals surface area contributed by atoms with Crippen molar-refractivity contribution in [3.8, 4) is 0 Å². The molecule has 0 aliphatic rings. The van der Waals surface area contributed by atoms with Crippen molar-refractivity contribution in [3.05, 3.63) is 0 Å². The highest BCUT2D eigenvalue weighted by Gasteiger charge is 1.96. The summed E-state index contributed by atoms with van der Waals surface area (Å²) in [6.45, 7) is 4.50. The first-order valence-electron chi connectivity index (χ1n) is 3.64. The Balaban J connectivity index is 2.91. The van der Waals surface area contributed by atoms with Gasteiger partial charge in [-0.15, -0.1) is 18.5 Å². The van der Waals surface area contributed by atoms with E-state index in [1.807, 2.05) is 0 Å². The quantitative estimate of drug-likeness (QED) is 0.560. The van der Waals surface area contributed by atoms with E-state index < -0.39 is 0 Å². The van der Waals surface area contributed by atoms with Gasteiger partial charge in [0, 0.05) is 0 Å². The van der Waals surface area contributed by atoms with Crippen LogP contribution in [0.3, 0.4) is 0 Å². The second kappa shape index (κ2) is 5.63. The molecule has 0 bridgehead atoms. The largest absolute Gasteiger partial charge is 0.135 e. The van der Waals surface area contributed by atoms with Gasteiger partial charge in [0.15, 0.2) is 0 Å². The maximum Gasteiger partial charge on any atom is -0.0293 e. The van der Waals surface area contributed by atoms with Crippen molar-refractivity contribution in [1.82, 2.24) is 0 Å². The van der Waals surface area contributed by atoms with Crippen molar-refractivity contribution in [3.63, 3.8) is 0 Å². The van der Waals surface area contributed by atoms with Crippen LogP contribution in [-0.4, -0.2) is 11.3 Å². The Bertz CT molecular complexity index is 51.9. The molecule has 56 valence electrons. The minimum Gasteiger partial charge on any atom is -0.135 e. The minimum absolute atomic E-state index is 0.800. The van der Waals surface area contributed by atoms with Crippen LogP contribution in [0.15, 0.2) is 0 Å². The monoisotopic (exact) mass is 164 g/mol. The first kappa shape index (κ1) is 9.86. The highest BCUT2D eigenvalue weighted by atomic mass is 31.0. The van der Waals surface area contributed by atoms with Gasteiger partial charge in [0.2, 0.25) is 0 Å². The molecule has 0 saturated heterocycles. The zero-order valence-corrected chi connectivity index (χ0v) is 8.74. The van der Waals surface area contributed by atoms with Crippen LogP contribution in [0.4, 0.5) is 0 Å². The normalized spacial score (nSPS) is 17.3. The number of hydrogen-bond acceptors (Lipinski definition) is 0. The first-order chi connectivity index (χ1) is 4.13. The van der Waals surface area contributed by atoms with E-state index >= 15 is 0 Å². The van der Waals surface area contributed by atoms with Gasteiger partial charge in [0.05, 0.1) is 0 Å². The number of hydrogen-bond donors (Lipinski definition) is 0. The highest BCUT2D eigenvalue weighted by Crippen LogP contribution is 2.13. The van der Waals surface area contributed by atoms with Crippen LogP contribution < -0.4 is 0 Å². The molecule has 4 unspecified atom stereocenters. The summed E-state index contributed by atoms with van der Waals surface area (Å²) in [5.41, 5.74) is 1.60. The molecular weight excluding hydrogens is 146 g/mol. The molecule has 0 aromatic carbocycles. The molecule has 0 aliphatic carbocycles. The highest BCUT2D eigenvalue weighted by molar-refractivity contribution is 7.17. The zero-order chi connectivity index (χ0) is 7.28. The minimum atomic E-state index is 0.800. The third kappa shape index (κ3) is 8.86. The summed E-state index contributed by atoms with van der Waals surface area (Å²) in [5.74, 6) is 0. The van der Waals surface area contributed by atoms with Gasteiger partial charge < -0.3 is 0 Å². The van der Waals surface area contributed by atoms with Gasteiger partial charge in [0.25, 0.3) is 0 Å². The molecule has 0 nitrogen and oxygen atoms in total. The Hall–Kier alpha value is 0.860. The van der Waals surface area contributed by atoms with E-state index in [1.54, 1.807) is 0 Å². The summed E-state index contributed by atoms with van der Waals surface area (Å²) < 4.78 is 0. The molecule has 0 N–H and O–H groups in total. The average molecular weight is 164 g/mol. The summed E-state index contributed by atoms with van der Waals surface area (Å²) in [6.07, 6.45) is 4.07. The molecule has 0 aliphatic heterocycles. The summed E-state index contributed by atoms with van der Waals surface area (Å²) in [6, 6.07) is 0. The van der Waals surface area contributed by atoms with E-state index in [1.165, 1.54) is 19.3 Å². The predicted molar refractivity (Wildman–Crippen MR) is 52.2 cm³/mol. The molecule has 0 rings (SSSR count). The summed E-state index contributed by atoms with van der Waals surface area (Å²) in [7, 11) is 5.67. The van der Waals surface area contributed by atoms with Crippen LogP contribution in [0, 0.1) is 0 Å². The molecule has 0 aromatic heterocycles. The van der Waals surface area contributed by atoms with E-state index in [-0.39, 0.29) is 0 Å². The third-order valence-corrected chi connectivity index (χ3v) is 1.99. The van der Waals surface area contributed by atoms with Gasteiger partial charge >= 0.3 is 0 Å². The predicted octanol–water partition coefficient (Wildman–Crippen LogP) is 2.68. The van der Waals surface area contributed by atoms with Crippen LogP contribution in [-0.2, 0) is 0 Å². The smallest absolute Gasteiger partial charge is 0.0293 e. The van der Waals surface area contributed by atoms with Crippen molar-refractivity contribution in [2.45, 2.75) is 44.4 Å². The molecule has 0 fully saturated rings. The van der Waals surface area contributed by atoms with Crippen LogP contribution in [0.1, 0.15) is 33.1 Å². The van der Waals surface area contributed by atoms with Crippen LogP contribution in [0.25, 0.3) is 0 Å². The second-order valence-electron chi connectivity index (χ2n) is 2.89. The van der Waals surface area contributed by atoms with Crippen molar-refractivity contribution >= 4 is 18.5 Å². The molecule has 4 atom stereocenters. The zero-order valence-electron chi connectivity index (χ0n) is 6.43. The van der Waals surface area contributed by atoms with Crippen LogP contribution in [0.5, 0.6) is 0 Å². The maximum absolute atomic E-state index is 2.83. The lowest BCUT2D eigenvalue weighted by molar-refractivity contribution is 0.673. The summed E-state index contributed by atoms with van der Waals surface area (Å²) in [5, 5.41) is 0. The molecule has 0 radical (unpaired) electrons. The maximum atomic E-state index is 2.83. The van der Waals surface area contributed by atoms with Crippen molar-refractivity contribution in [2.75, 3.05) is 0 Å². The molecule has 0 spiro atoms. The van der Waals surface area contributed by atoms with Gasteiger partial charge in [-0.25, -0.2) is 0 Å². The lowest BCUT2D eigenvalue weighted by Crippen LogP contribution is -1.94. The van der Waals surface area contributed by atoms with Crippen LogP contribution >= 0.6 is 18.5 Å². The SMILES string of the molecule is CC(P)CCCC(C)P. The Morgan fingerprint density at radius 1 is 1.00 bits per heavy atom. The average Bonchev–Trinajstić information content (AvgIpc) is 1.63. The molecule has 0 amide bonds. The fourth-order valence-electron chi connectivity index (χ4n) is 0.762. The van der Waals surface area contributed by atoms with Gasteiger partial charge in [-0.2, -0.15) is 0 Å². The molecule has 2 heteroatoms. The van der Waals surface area contributed by atoms with Crippen molar-refractivity contribution in [2.24, 2.45) is 0 Å². The number of rotatable bonds is 4. The van der Waals surface area contributed by atoms with Gasteiger partial charge in [0.1, 0.15) is 0 Å². The fraction of sp³-hybridized carbons (Fsp3) is 1.00. The van der Waals surface area contributed by atoms with Crippen LogP contribution in [0.2, 0.25) is 0 Å². The molecular formula is C7H18P2. The Labute approximate surface area is 63.6 Å². The van der Waals surface area contributed by atoms with E-state index in [9.17, 15) is 0 Å². The van der Waals surface area contributed by atoms with Gasteiger partial charge in [-0.05, 0) is 24.2 Å².